The van der Waals surface area contributed by atoms with E-state index in [1.165, 1.54) is 6.08 Å². The van der Waals surface area contributed by atoms with E-state index in [0.29, 0.717) is 26.3 Å². The fraction of sp³-hybridized carbons (Fsp3) is 0.500. The Balaban J connectivity index is 2.41. The highest BCUT2D eigenvalue weighted by molar-refractivity contribution is 5.96. The quantitative estimate of drug-likeness (QED) is 0.553. The molecule has 1 aliphatic rings. The van der Waals surface area contributed by atoms with E-state index in [9.17, 15) is 9.59 Å². The summed E-state index contributed by atoms with van der Waals surface area (Å²) in [5.74, 6) is -0.802. The first kappa shape index (κ1) is 9.73. The lowest BCUT2D eigenvalue weighted by Crippen LogP contribution is -2.39. The predicted molar refractivity (Wildman–Crippen MR) is 45.7 cm³/mol. The van der Waals surface area contributed by atoms with Crippen molar-refractivity contribution < 1.29 is 14.3 Å². The van der Waals surface area contributed by atoms with Crippen LogP contribution >= 0.6 is 0 Å². The summed E-state index contributed by atoms with van der Waals surface area (Å²) in [5, 5.41) is 0. The summed E-state index contributed by atoms with van der Waals surface area (Å²) in [6.07, 6.45) is 2.26. The van der Waals surface area contributed by atoms with Crippen LogP contribution in [0.3, 0.4) is 0 Å². The van der Waals surface area contributed by atoms with Gasteiger partial charge in [0.15, 0.2) is 0 Å². The second-order valence-electron chi connectivity index (χ2n) is 2.67. The Bertz CT molecular complexity index is 232. The van der Waals surface area contributed by atoms with Gasteiger partial charge in [-0.3, -0.25) is 9.59 Å². The molecule has 2 N–H and O–H groups in total. The van der Waals surface area contributed by atoms with Crippen molar-refractivity contribution in [2.45, 2.75) is 0 Å². The van der Waals surface area contributed by atoms with Crippen molar-refractivity contribution >= 4 is 11.8 Å². The molecule has 0 bridgehead atoms. The van der Waals surface area contributed by atoms with Crippen molar-refractivity contribution in [2.24, 2.45) is 5.73 Å². The molecule has 1 rings (SSSR count). The number of morpholine rings is 1. The van der Waals surface area contributed by atoms with Crippen LogP contribution in [0.25, 0.3) is 0 Å². The molecule has 1 heterocycles. The summed E-state index contributed by atoms with van der Waals surface area (Å²) in [5.41, 5.74) is 4.85. The van der Waals surface area contributed by atoms with Crippen LogP contribution in [0.4, 0.5) is 0 Å². The van der Waals surface area contributed by atoms with Crippen LogP contribution in [-0.2, 0) is 14.3 Å². The molecular formula is C8H12N2O3. The van der Waals surface area contributed by atoms with Crippen LogP contribution < -0.4 is 5.73 Å². The van der Waals surface area contributed by atoms with Gasteiger partial charge in [0.25, 0.3) is 0 Å². The standard InChI is InChI=1S/C8H12N2O3/c9-7(11)1-2-8(12)10-3-5-13-6-4-10/h1-2H,3-6H2,(H2,9,11)/b2-1+. The van der Waals surface area contributed by atoms with Gasteiger partial charge in [0.05, 0.1) is 13.2 Å². The second-order valence-corrected chi connectivity index (χ2v) is 2.67. The van der Waals surface area contributed by atoms with Crippen molar-refractivity contribution in [3.05, 3.63) is 12.2 Å². The minimum absolute atomic E-state index is 0.192. The van der Waals surface area contributed by atoms with Gasteiger partial charge in [-0.2, -0.15) is 0 Å². The van der Waals surface area contributed by atoms with Crippen LogP contribution in [0.1, 0.15) is 0 Å². The summed E-state index contributed by atoms with van der Waals surface area (Å²) in [7, 11) is 0. The van der Waals surface area contributed by atoms with Gasteiger partial charge in [-0.25, -0.2) is 0 Å². The van der Waals surface area contributed by atoms with Crippen molar-refractivity contribution in [2.75, 3.05) is 26.3 Å². The molecule has 13 heavy (non-hydrogen) atoms. The van der Waals surface area contributed by atoms with E-state index in [4.69, 9.17) is 10.5 Å². The lowest BCUT2D eigenvalue weighted by Gasteiger charge is -2.25. The van der Waals surface area contributed by atoms with Gasteiger partial charge in [-0.15, -0.1) is 0 Å². The summed E-state index contributed by atoms with van der Waals surface area (Å²) >= 11 is 0. The Morgan fingerprint density at radius 3 is 2.38 bits per heavy atom. The molecule has 0 saturated carbocycles. The minimum Gasteiger partial charge on any atom is -0.378 e. The normalized spacial score (nSPS) is 17.7. The van der Waals surface area contributed by atoms with Crippen LogP contribution in [-0.4, -0.2) is 43.0 Å². The molecule has 0 aromatic rings. The molecule has 0 aliphatic carbocycles. The largest absolute Gasteiger partial charge is 0.378 e. The van der Waals surface area contributed by atoms with E-state index in [1.807, 2.05) is 0 Å². The molecule has 0 spiro atoms. The van der Waals surface area contributed by atoms with Gasteiger partial charge >= 0.3 is 0 Å². The molecule has 1 fully saturated rings. The van der Waals surface area contributed by atoms with Crippen LogP contribution in [0.2, 0.25) is 0 Å². The van der Waals surface area contributed by atoms with Gasteiger partial charge in [0.2, 0.25) is 11.8 Å². The Morgan fingerprint density at radius 1 is 1.23 bits per heavy atom. The molecule has 2 amide bonds. The highest BCUT2D eigenvalue weighted by atomic mass is 16.5. The SMILES string of the molecule is NC(=O)/C=C/C(=O)N1CCOCC1. The first-order valence-electron chi connectivity index (χ1n) is 4.04. The Morgan fingerprint density at radius 2 is 1.85 bits per heavy atom. The number of carbonyl (C=O) groups is 2. The number of hydrogen-bond donors (Lipinski definition) is 1. The van der Waals surface area contributed by atoms with Gasteiger partial charge in [0, 0.05) is 25.2 Å². The average molecular weight is 184 g/mol. The van der Waals surface area contributed by atoms with Crippen LogP contribution in [0, 0.1) is 0 Å². The van der Waals surface area contributed by atoms with Gasteiger partial charge in [-0.1, -0.05) is 0 Å². The summed E-state index contributed by atoms with van der Waals surface area (Å²) in [6, 6.07) is 0. The molecule has 0 unspecified atom stereocenters. The number of amides is 2. The number of hydrogen-bond acceptors (Lipinski definition) is 3. The van der Waals surface area contributed by atoms with E-state index in [0.717, 1.165) is 6.08 Å². The lowest BCUT2D eigenvalue weighted by molar-refractivity contribution is -0.130. The van der Waals surface area contributed by atoms with Gasteiger partial charge < -0.3 is 15.4 Å². The first-order valence-corrected chi connectivity index (χ1v) is 4.04. The van der Waals surface area contributed by atoms with E-state index in [1.54, 1.807) is 4.90 Å². The first-order chi connectivity index (χ1) is 6.20. The molecule has 0 aromatic heterocycles. The third kappa shape index (κ3) is 3.25. The van der Waals surface area contributed by atoms with E-state index in [2.05, 4.69) is 0 Å². The monoisotopic (exact) mass is 184 g/mol. The molecule has 0 radical (unpaired) electrons. The maximum Gasteiger partial charge on any atom is 0.246 e. The highest BCUT2D eigenvalue weighted by Gasteiger charge is 2.13. The van der Waals surface area contributed by atoms with Crippen molar-refractivity contribution in [3.8, 4) is 0 Å². The average Bonchev–Trinajstić information content (AvgIpc) is 2.15. The van der Waals surface area contributed by atoms with Crippen LogP contribution in [0.5, 0.6) is 0 Å². The summed E-state index contributed by atoms with van der Waals surface area (Å²) in [4.78, 5) is 23.2. The molecular weight excluding hydrogens is 172 g/mol. The Kier molecular flexibility index (Phi) is 3.45. The maximum atomic E-state index is 11.3. The highest BCUT2D eigenvalue weighted by Crippen LogP contribution is 1.97. The van der Waals surface area contributed by atoms with Gasteiger partial charge in [-0.05, 0) is 0 Å². The number of ether oxygens (including phenoxy) is 1. The molecule has 72 valence electrons. The predicted octanol–water partition coefficient (Wildman–Crippen LogP) is -1.11. The lowest BCUT2D eigenvalue weighted by atomic mass is 10.3. The zero-order chi connectivity index (χ0) is 9.68. The van der Waals surface area contributed by atoms with E-state index >= 15 is 0 Å². The Hall–Kier alpha value is -1.36. The minimum atomic E-state index is -0.610. The van der Waals surface area contributed by atoms with Crippen molar-refractivity contribution in [1.29, 1.82) is 0 Å². The molecule has 0 aromatic carbocycles. The molecule has 0 atom stereocenters. The topological polar surface area (TPSA) is 72.6 Å². The van der Waals surface area contributed by atoms with Crippen molar-refractivity contribution in [3.63, 3.8) is 0 Å². The van der Waals surface area contributed by atoms with Crippen molar-refractivity contribution in [1.82, 2.24) is 4.90 Å². The fourth-order valence-electron chi connectivity index (χ4n) is 1.04. The summed E-state index contributed by atoms with van der Waals surface area (Å²) in [6.45, 7) is 2.25. The third-order valence-electron chi connectivity index (χ3n) is 1.71. The molecule has 5 nitrogen and oxygen atoms in total. The Labute approximate surface area is 76.1 Å². The zero-order valence-electron chi connectivity index (χ0n) is 7.23. The number of nitrogens with zero attached hydrogens (tertiary/aromatic N) is 1. The fourth-order valence-corrected chi connectivity index (χ4v) is 1.04. The molecule has 1 aliphatic heterocycles. The number of carbonyl (C=O) groups excluding carboxylic acids is 2. The number of primary amides is 1. The van der Waals surface area contributed by atoms with E-state index < -0.39 is 5.91 Å². The molecule has 5 heteroatoms. The smallest absolute Gasteiger partial charge is 0.246 e. The van der Waals surface area contributed by atoms with Gasteiger partial charge in [0.1, 0.15) is 0 Å². The number of nitrogens with two attached hydrogens (primary N) is 1. The zero-order valence-corrected chi connectivity index (χ0v) is 7.23. The molecule has 1 saturated heterocycles. The van der Waals surface area contributed by atoms with Crippen LogP contribution in [0.15, 0.2) is 12.2 Å². The second kappa shape index (κ2) is 4.61. The van der Waals surface area contributed by atoms with E-state index in [-0.39, 0.29) is 5.91 Å². The maximum absolute atomic E-state index is 11.3. The number of rotatable bonds is 2. The third-order valence-corrected chi connectivity index (χ3v) is 1.71. The summed E-state index contributed by atoms with van der Waals surface area (Å²) < 4.78 is 5.07.